The number of aromatic amines is 1. The number of hydrogen-bond donors (Lipinski definition) is 2. The quantitative estimate of drug-likeness (QED) is 0.397. The molecule has 0 aliphatic carbocycles. The lowest BCUT2D eigenvalue weighted by molar-refractivity contribution is -0.192. The molecule has 14 heteroatoms. The summed E-state index contributed by atoms with van der Waals surface area (Å²) in [5, 5.41) is 31.5. The van der Waals surface area contributed by atoms with E-state index in [4.69, 9.17) is 9.90 Å². The third kappa shape index (κ3) is 5.54. The fourth-order valence-electron chi connectivity index (χ4n) is 4.34. The van der Waals surface area contributed by atoms with E-state index >= 15 is 0 Å². The Labute approximate surface area is 213 Å². The third-order valence-corrected chi connectivity index (χ3v) is 6.09. The molecule has 5 rings (SSSR count). The van der Waals surface area contributed by atoms with Gasteiger partial charge in [0.1, 0.15) is 23.9 Å². The number of alkyl halides is 3. The molecule has 0 amide bonds. The maximum absolute atomic E-state index is 10.6. The second-order valence-electron chi connectivity index (χ2n) is 8.38. The summed E-state index contributed by atoms with van der Waals surface area (Å²) >= 11 is 0. The van der Waals surface area contributed by atoms with Crippen LogP contribution in [0.15, 0.2) is 49.3 Å². The van der Waals surface area contributed by atoms with E-state index in [9.17, 15) is 23.7 Å². The lowest BCUT2D eigenvalue weighted by atomic mass is 9.96. The first kappa shape index (κ1) is 26.1. The van der Waals surface area contributed by atoms with Gasteiger partial charge in [0.2, 0.25) is 0 Å². The molecule has 11 nitrogen and oxygen atoms in total. The van der Waals surface area contributed by atoms with Gasteiger partial charge in [-0.1, -0.05) is 0 Å². The van der Waals surface area contributed by atoms with Gasteiger partial charge in [-0.2, -0.15) is 28.8 Å². The minimum absolute atomic E-state index is 0.0680. The number of H-pyrrole nitrogens is 1. The zero-order valence-electron chi connectivity index (χ0n) is 19.7. The van der Waals surface area contributed by atoms with E-state index in [-0.39, 0.29) is 12.0 Å². The van der Waals surface area contributed by atoms with Gasteiger partial charge >= 0.3 is 12.1 Å². The molecule has 0 unspecified atom stereocenters. The first-order valence-corrected chi connectivity index (χ1v) is 11.3. The van der Waals surface area contributed by atoms with Crippen LogP contribution in [-0.4, -0.2) is 60.1 Å². The summed E-state index contributed by atoms with van der Waals surface area (Å²) in [5.41, 5.74) is 3.05. The molecule has 0 bridgehead atoms. The summed E-state index contributed by atoms with van der Waals surface area (Å²) in [5.74, 6) is -1.83. The van der Waals surface area contributed by atoms with Gasteiger partial charge in [-0.05, 0) is 24.6 Å². The maximum Gasteiger partial charge on any atom is 0.490 e. The van der Waals surface area contributed by atoms with Crippen molar-refractivity contribution in [3.63, 3.8) is 0 Å². The van der Waals surface area contributed by atoms with Crippen molar-refractivity contribution in [1.29, 1.82) is 10.5 Å². The fourth-order valence-corrected chi connectivity index (χ4v) is 4.34. The monoisotopic (exact) mass is 523 g/mol. The van der Waals surface area contributed by atoms with E-state index in [0.717, 1.165) is 41.8 Å². The molecule has 0 radical (unpaired) electrons. The number of aromatic nitrogens is 6. The van der Waals surface area contributed by atoms with E-state index in [1.165, 1.54) is 6.33 Å². The van der Waals surface area contributed by atoms with Gasteiger partial charge in [-0.15, -0.1) is 0 Å². The van der Waals surface area contributed by atoms with Crippen molar-refractivity contribution in [2.45, 2.75) is 25.1 Å². The first-order valence-electron chi connectivity index (χ1n) is 11.3. The topological polar surface area (TPSA) is 160 Å². The zero-order valence-corrected chi connectivity index (χ0v) is 19.7. The van der Waals surface area contributed by atoms with Crippen LogP contribution in [-0.2, 0) is 4.79 Å². The number of fused-ring (bicyclic) bond motifs is 1. The van der Waals surface area contributed by atoms with Crippen LogP contribution < -0.4 is 4.90 Å². The van der Waals surface area contributed by atoms with Gasteiger partial charge in [0, 0.05) is 48.5 Å². The number of aliphatic carboxylic acids is 1. The van der Waals surface area contributed by atoms with Crippen LogP contribution in [0, 0.1) is 28.6 Å². The standard InChI is InChI=1S/C22H19N9.C2HF3O2/c23-6-3-19(16-5-9-30(12-16)22-15(10-24)2-1-7-26-22)31-13-17(11-29-31)20-18-4-8-25-21(18)28-14-27-20;3-2(4,5)1(6)7/h1-2,4,7-8,11,13-14,16,19H,3,5,9,12H2,(H,25,27,28);(H,6,7)/t16-,19-;/m0./s1. The van der Waals surface area contributed by atoms with E-state index in [0.29, 0.717) is 17.8 Å². The van der Waals surface area contributed by atoms with Crippen molar-refractivity contribution < 1.29 is 23.1 Å². The minimum atomic E-state index is -5.08. The highest BCUT2D eigenvalue weighted by molar-refractivity contribution is 5.90. The SMILES string of the molecule is N#CC[C@@H]([C@H]1CCN(c2ncccc2C#N)C1)n1cc(-c2ncnc3[nH]ccc23)cn1.O=C(O)C(F)(F)F. The summed E-state index contributed by atoms with van der Waals surface area (Å²) in [4.78, 5) is 27.2. The van der Waals surface area contributed by atoms with Crippen LogP contribution in [0.5, 0.6) is 0 Å². The Morgan fingerprint density at radius 1 is 1.26 bits per heavy atom. The molecule has 1 saturated heterocycles. The molecule has 2 N–H and O–H groups in total. The number of nitrogens with zero attached hydrogens (tertiary/aromatic N) is 8. The lowest BCUT2D eigenvalue weighted by Gasteiger charge is -2.23. The summed E-state index contributed by atoms with van der Waals surface area (Å²) in [7, 11) is 0. The smallest absolute Gasteiger partial charge is 0.475 e. The normalized spacial score (nSPS) is 15.8. The van der Waals surface area contributed by atoms with E-state index in [1.54, 1.807) is 24.5 Å². The van der Waals surface area contributed by atoms with Gasteiger partial charge in [0.05, 0.1) is 36.0 Å². The number of hydrogen-bond acceptors (Lipinski definition) is 8. The minimum Gasteiger partial charge on any atom is -0.475 e. The molecule has 4 aromatic heterocycles. The number of nitrogens with one attached hydrogen (secondary N) is 1. The van der Waals surface area contributed by atoms with Crippen molar-refractivity contribution in [3.8, 4) is 23.4 Å². The molecular weight excluding hydrogens is 503 g/mol. The Morgan fingerprint density at radius 2 is 2.05 bits per heavy atom. The Balaban J connectivity index is 0.000000426. The summed E-state index contributed by atoms with van der Waals surface area (Å²) in [6, 6.07) is 9.97. The number of rotatable bonds is 5. The Bertz CT molecular complexity index is 1520. The molecule has 194 valence electrons. The van der Waals surface area contributed by atoms with E-state index in [1.807, 2.05) is 23.1 Å². The average Bonchev–Trinajstić information content (AvgIpc) is 3.68. The third-order valence-electron chi connectivity index (χ3n) is 6.09. The number of carboxylic acid groups (broad SMARTS) is 1. The molecule has 1 aliphatic rings. The first-order chi connectivity index (χ1) is 18.2. The number of pyridine rings is 1. The molecule has 0 spiro atoms. The molecule has 38 heavy (non-hydrogen) atoms. The number of anilines is 1. The highest BCUT2D eigenvalue weighted by Gasteiger charge is 2.38. The number of halogens is 3. The van der Waals surface area contributed by atoms with Crippen LogP contribution in [0.25, 0.3) is 22.3 Å². The van der Waals surface area contributed by atoms with Crippen LogP contribution in [0.4, 0.5) is 19.0 Å². The summed E-state index contributed by atoms with van der Waals surface area (Å²) in [6.07, 6.45) is 5.01. The Morgan fingerprint density at radius 3 is 2.76 bits per heavy atom. The highest BCUT2D eigenvalue weighted by atomic mass is 19.4. The summed E-state index contributed by atoms with van der Waals surface area (Å²) in [6.45, 7) is 1.52. The van der Waals surface area contributed by atoms with E-state index < -0.39 is 12.1 Å². The van der Waals surface area contributed by atoms with Gasteiger partial charge in [-0.3, -0.25) is 4.68 Å². The predicted octanol–water partition coefficient (Wildman–Crippen LogP) is 3.70. The van der Waals surface area contributed by atoms with Crippen LogP contribution >= 0.6 is 0 Å². The molecule has 1 aliphatic heterocycles. The van der Waals surface area contributed by atoms with Gasteiger partial charge < -0.3 is 15.0 Å². The van der Waals surface area contributed by atoms with Crippen molar-refractivity contribution in [2.75, 3.05) is 18.0 Å². The number of carbonyl (C=O) groups is 1. The fraction of sp³-hybridized carbons (Fsp3) is 0.292. The second kappa shape index (κ2) is 11.0. The average molecular weight is 523 g/mol. The lowest BCUT2D eigenvalue weighted by Crippen LogP contribution is -2.26. The molecule has 5 heterocycles. The molecule has 1 fully saturated rings. The predicted molar refractivity (Wildman–Crippen MR) is 127 cm³/mol. The van der Waals surface area contributed by atoms with Gasteiger partial charge in [0.15, 0.2) is 0 Å². The zero-order chi connectivity index (χ0) is 27.3. The van der Waals surface area contributed by atoms with E-state index in [2.05, 4.69) is 42.1 Å². The van der Waals surface area contributed by atoms with Crippen molar-refractivity contribution >= 4 is 22.8 Å². The Kier molecular flexibility index (Phi) is 7.53. The molecule has 0 saturated carbocycles. The van der Waals surface area contributed by atoms with Crippen molar-refractivity contribution in [1.82, 2.24) is 29.7 Å². The van der Waals surface area contributed by atoms with Crippen molar-refractivity contribution in [2.24, 2.45) is 5.92 Å². The Hall–Kier alpha value is -4.98. The largest absolute Gasteiger partial charge is 0.490 e. The molecule has 0 aromatic carbocycles. The van der Waals surface area contributed by atoms with Gasteiger partial charge in [0.25, 0.3) is 0 Å². The molecule has 2 atom stereocenters. The highest BCUT2D eigenvalue weighted by Crippen LogP contribution is 2.34. The summed E-state index contributed by atoms with van der Waals surface area (Å²) < 4.78 is 33.6. The maximum atomic E-state index is 10.6. The molecular formula is C24H20F3N9O2. The second-order valence-corrected chi connectivity index (χ2v) is 8.38. The van der Waals surface area contributed by atoms with Crippen LogP contribution in [0.3, 0.4) is 0 Å². The number of nitriles is 2. The van der Waals surface area contributed by atoms with Crippen LogP contribution in [0.2, 0.25) is 0 Å². The van der Waals surface area contributed by atoms with Crippen molar-refractivity contribution in [3.05, 3.63) is 54.9 Å². The molecule has 4 aromatic rings. The van der Waals surface area contributed by atoms with Crippen LogP contribution in [0.1, 0.15) is 24.4 Å². The van der Waals surface area contributed by atoms with Gasteiger partial charge in [-0.25, -0.2) is 19.7 Å². The number of carboxylic acids is 1.